The van der Waals surface area contributed by atoms with E-state index in [2.05, 4.69) is 0 Å². The molecule has 0 amide bonds. The number of pyridine rings is 1. The second-order valence-electron chi connectivity index (χ2n) is 3.50. The largest absolute Gasteiger partial charge is 0.432 e. The van der Waals surface area contributed by atoms with Crippen LogP contribution in [0.5, 0.6) is 0 Å². The summed E-state index contributed by atoms with van der Waals surface area (Å²) < 4.78 is 60.4. The van der Waals surface area contributed by atoms with Crippen molar-refractivity contribution in [2.24, 2.45) is 0 Å². The lowest BCUT2D eigenvalue weighted by Crippen LogP contribution is -2.24. The van der Waals surface area contributed by atoms with Crippen molar-refractivity contribution in [3.05, 3.63) is 27.1 Å². The molecule has 0 fully saturated rings. The van der Waals surface area contributed by atoms with Crippen molar-refractivity contribution in [1.29, 1.82) is 0 Å². The van der Waals surface area contributed by atoms with Crippen LogP contribution in [0.25, 0.3) is 0 Å². The molecular formula is C9H9ClF3NO3S. The predicted molar refractivity (Wildman–Crippen MR) is 59.4 cm³/mol. The molecule has 1 N–H and O–H groups in total. The summed E-state index contributed by atoms with van der Waals surface area (Å²) in [6, 6.07) is 0.536. The molecule has 9 heteroatoms. The van der Waals surface area contributed by atoms with Gasteiger partial charge in [-0.25, -0.2) is 8.42 Å². The van der Waals surface area contributed by atoms with Crippen LogP contribution in [-0.2, 0) is 16.0 Å². The smallest absolute Gasteiger partial charge is 0.316 e. The normalized spacial score (nSPS) is 12.7. The standard InChI is InChI=1S/C9H9ClF3NO3S/c1-2-3-18(16,17)6-4-5(10)7(9(11,12)13)14-8(6)15/h4H,2-3H2,1H3,(H,14,15). The molecule has 1 rings (SSSR count). The number of H-pyrrole nitrogens is 1. The molecule has 18 heavy (non-hydrogen) atoms. The van der Waals surface area contributed by atoms with E-state index in [-0.39, 0.29) is 12.2 Å². The Hall–Kier alpha value is -1.02. The van der Waals surface area contributed by atoms with Crippen LogP contribution in [0.3, 0.4) is 0 Å². The maximum atomic E-state index is 12.4. The zero-order valence-electron chi connectivity index (χ0n) is 9.14. The summed E-state index contributed by atoms with van der Waals surface area (Å²) in [6.07, 6.45) is -4.61. The number of nitrogens with one attached hydrogen (secondary N) is 1. The second kappa shape index (κ2) is 4.93. The summed E-state index contributed by atoms with van der Waals surface area (Å²) in [6.45, 7) is 1.57. The Morgan fingerprint density at radius 3 is 2.39 bits per heavy atom. The first-order valence-corrected chi connectivity index (χ1v) is 6.85. The van der Waals surface area contributed by atoms with Crippen LogP contribution in [-0.4, -0.2) is 19.2 Å². The number of aromatic amines is 1. The van der Waals surface area contributed by atoms with Crippen LogP contribution in [0, 0.1) is 0 Å². The summed E-state index contributed by atoms with van der Waals surface area (Å²) >= 11 is 5.34. The third-order valence-electron chi connectivity index (χ3n) is 2.05. The highest BCUT2D eigenvalue weighted by Gasteiger charge is 2.36. The van der Waals surface area contributed by atoms with E-state index in [0.29, 0.717) is 6.07 Å². The van der Waals surface area contributed by atoms with E-state index in [1.165, 1.54) is 4.98 Å². The van der Waals surface area contributed by atoms with Gasteiger partial charge >= 0.3 is 6.18 Å². The fraction of sp³-hybridized carbons (Fsp3) is 0.444. The van der Waals surface area contributed by atoms with Gasteiger partial charge in [-0.05, 0) is 12.5 Å². The minimum Gasteiger partial charge on any atom is -0.316 e. The number of sulfone groups is 1. The van der Waals surface area contributed by atoms with Crippen LogP contribution in [0.4, 0.5) is 13.2 Å². The third-order valence-corrected chi connectivity index (χ3v) is 4.27. The van der Waals surface area contributed by atoms with E-state index in [1.807, 2.05) is 0 Å². The third kappa shape index (κ3) is 3.05. The van der Waals surface area contributed by atoms with Crippen LogP contribution in [0.2, 0.25) is 5.02 Å². The van der Waals surface area contributed by atoms with Gasteiger partial charge in [0.1, 0.15) is 10.6 Å². The van der Waals surface area contributed by atoms with Gasteiger partial charge in [0, 0.05) is 0 Å². The summed E-state index contributed by atoms with van der Waals surface area (Å²) in [5.74, 6) is -0.336. The van der Waals surface area contributed by atoms with Gasteiger partial charge in [-0.1, -0.05) is 18.5 Å². The molecule has 1 aromatic rings. The fourth-order valence-corrected chi connectivity index (χ4v) is 3.02. The SMILES string of the molecule is CCCS(=O)(=O)c1cc(Cl)c(C(F)(F)F)[nH]c1=O. The van der Waals surface area contributed by atoms with Crippen LogP contribution >= 0.6 is 11.6 Å². The predicted octanol–water partition coefficient (Wildman–Crippen LogP) is 2.23. The highest BCUT2D eigenvalue weighted by atomic mass is 35.5. The maximum Gasteiger partial charge on any atom is 0.432 e. The van der Waals surface area contributed by atoms with Crippen molar-refractivity contribution in [3.8, 4) is 0 Å². The summed E-state index contributed by atoms with van der Waals surface area (Å²) in [5, 5.41) is -0.850. The number of alkyl halides is 3. The number of aromatic nitrogens is 1. The summed E-state index contributed by atoms with van der Waals surface area (Å²) in [5.41, 5.74) is -2.77. The molecule has 0 aliphatic heterocycles. The van der Waals surface area contributed by atoms with E-state index in [4.69, 9.17) is 11.6 Å². The Labute approximate surface area is 106 Å². The van der Waals surface area contributed by atoms with Gasteiger partial charge in [0.25, 0.3) is 5.56 Å². The molecule has 1 heterocycles. The molecule has 0 saturated carbocycles. The van der Waals surface area contributed by atoms with Gasteiger partial charge in [-0.15, -0.1) is 0 Å². The molecule has 0 aromatic carbocycles. The molecule has 0 spiro atoms. The monoisotopic (exact) mass is 303 g/mol. The Morgan fingerprint density at radius 2 is 1.94 bits per heavy atom. The first-order valence-electron chi connectivity index (χ1n) is 4.82. The van der Waals surface area contributed by atoms with Gasteiger partial charge in [-0.3, -0.25) is 4.79 Å². The molecule has 0 aliphatic carbocycles. The van der Waals surface area contributed by atoms with Crippen molar-refractivity contribution >= 4 is 21.4 Å². The van der Waals surface area contributed by atoms with Crippen molar-refractivity contribution in [1.82, 2.24) is 4.98 Å². The average molecular weight is 304 g/mol. The fourth-order valence-electron chi connectivity index (χ4n) is 1.30. The Kier molecular flexibility index (Phi) is 4.12. The molecule has 0 unspecified atom stereocenters. The van der Waals surface area contributed by atoms with E-state index in [1.54, 1.807) is 6.92 Å². The minimum atomic E-state index is -4.84. The van der Waals surface area contributed by atoms with Gasteiger partial charge in [0.05, 0.1) is 10.8 Å². The van der Waals surface area contributed by atoms with E-state index >= 15 is 0 Å². The Balaban J connectivity index is 3.47. The maximum absolute atomic E-state index is 12.4. The number of rotatable bonds is 3. The molecule has 0 aliphatic rings. The lowest BCUT2D eigenvalue weighted by molar-refractivity contribution is -0.141. The average Bonchev–Trinajstić information content (AvgIpc) is 2.19. The zero-order valence-corrected chi connectivity index (χ0v) is 10.7. The number of hydrogen-bond acceptors (Lipinski definition) is 3. The van der Waals surface area contributed by atoms with Crippen molar-refractivity contribution in [2.75, 3.05) is 5.75 Å². The Bertz CT molecular complexity index is 606. The summed E-state index contributed by atoms with van der Waals surface area (Å²) in [4.78, 5) is 12.1. The molecule has 0 atom stereocenters. The lowest BCUT2D eigenvalue weighted by Gasteiger charge is -2.10. The second-order valence-corrected chi connectivity index (χ2v) is 5.99. The van der Waals surface area contributed by atoms with E-state index in [9.17, 15) is 26.4 Å². The molecular weight excluding hydrogens is 295 g/mol. The number of halogens is 4. The van der Waals surface area contributed by atoms with Crippen molar-refractivity contribution in [3.63, 3.8) is 0 Å². The molecule has 4 nitrogen and oxygen atoms in total. The van der Waals surface area contributed by atoms with Gasteiger partial charge in [0.2, 0.25) is 0 Å². The molecule has 102 valence electrons. The molecule has 1 aromatic heterocycles. The highest BCUT2D eigenvalue weighted by Crippen LogP contribution is 2.32. The first kappa shape index (κ1) is 15.0. The number of hydrogen-bond donors (Lipinski definition) is 1. The van der Waals surface area contributed by atoms with Gasteiger partial charge in [-0.2, -0.15) is 13.2 Å². The highest BCUT2D eigenvalue weighted by molar-refractivity contribution is 7.91. The van der Waals surface area contributed by atoms with Crippen molar-refractivity contribution in [2.45, 2.75) is 24.4 Å². The topological polar surface area (TPSA) is 67.0 Å². The zero-order chi connectivity index (χ0) is 14.1. The summed E-state index contributed by atoms with van der Waals surface area (Å²) in [7, 11) is -3.92. The van der Waals surface area contributed by atoms with E-state index < -0.39 is 37.2 Å². The van der Waals surface area contributed by atoms with Crippen LogP contribution < -0.4 is 5.56 Å². The minimum absolute atomic E-state index is 0.237. The van der Waals surface area contributed by atoms with Gasteiger partial charge < -0.3 is 4.98 Å². The molecule has 0 radical (unpaired) electrons. The lowest BCUT2D eigenvalue weighted by atomic mass is 10.3. The van der Waals surface area contributed by atoms with Crippen LogP contribution in [0.15, 0.2) is 15.8 Å². The van der Waals surface area contributed by atoms with Gasteiger partial charge in [0.15, 0.2) is 9.84 Å². The quantitative estimate of drug-likeness (QED) is 0.931. The Morgan fingerprint density at radius 1 is 1.39 bits per heavy atom. The van der Waals surface area contributed by atoms with Crippen molar-refractivity contribution < 1.29 is 21.6 Å². The molecule has 0 bridgehead atoms. The van der Waals surface area contributed by atoms with E-state index in [0.717, 1.165) is 0 Å². The van der Waals surface area contributed by atoms with Crippen LogP contribution in [0.1, 0.15) is 19.0 Å². The molecule has 0 saturated heterocycles. The first-order chi connectivity index (χ1) is 8.09.